The third-order valence-electron chi connectivity index (χ3n) is 1.96. The highest BCUT2D eigenvalue weighted by atomic mass is 16.3. The number of aliphatic hydroxyl groups is 1. The molecule has 0 aromatic heterocycles. The Morgan fingerprint density at radius 2 is 2.11 bits per heavy atom. The van der Waals surface area contributed by atoms with Gasteiger partial charge >= 0.3 is 0 Å². The van der Waals surface area contributed by atoms with Gasteiger partial charge in [-0.05, 0) is 18.8 Å². The van der Waals surface area contributed by atoms with Crippen LogP contribution in [0.1, 0.15) is 26.7 Å². The van der Waals surface area contributed by atoms with Crippen molar-refractivity contribution in [3.8, 4) is 0 Å². The molecule has 0 aliphatic carbocycles. The molecule has 0 saturated carbocycles. The van der Waals surface area contributed by atoms with E-state index in [4.69, 9.17) is 5.11 Å². The molecule has 2 N–H and O–H groups in total. The molecule has 0 spiro atoms. The van der Waals surface area contributed by atoms with Crippen molar-refractivity contribution in [3.63, 3.8) is 0 Å². The van der Waals surface area contributed by atoms with E-state index in [1.807, 2.05) is 0 Å². The minimum atomic E-state index is -0.239. The molecular weight excluding hydrogens is 114 g/mol. The molecule has 9 heavy (non-hydrogen) atoms. The second-order valence-corrected chi connectivity index (χ2v) is 3.11. The number of hydrogen-bond donors (Lipinski definition) is 2. The fourth-order valence-electron chi connectivity index (χ4n) is 1.28. The van der Waals surface area contributed by atoms with Crippen LogP contribution >= 0.6 is 0 Å². The first-order chi connectivity index (χ1) is 4.20. The summed E-state index contributed by atoms with van der Waals surface area (Å²) in [7, 11) is 0. The van der Waals surface area contributed by atoms with Gasteiger partial charge in [-0.25, -0.2) is 0 Å². The van der Waals surface area contributed by atoms with Crippen LogP contribution in [-0.2, 0) is 0 Å². The lowest BCUT2D eigenvalue weighted by molar-refractivity contribution is 0.150. The van der Waals surface area contributed by atoms with Crippen LogP contribution in [-0.4, -0.2) is 17.4 Å². The van der Waals surface area contributed by atoms with Crippen LogP contribution in [0.5, 0.6) is 0 Å². The molecule has 1 heterocycles. The Balaban J connectivity index is 2.30. The molecule has 54 valence electrons. The molecule has 1 aliphatic rings. The second-order valence-electron chi connectivity index (χ2n) is 3.11. The average molecular weight is 129 g/mol. The van der Waals surface area contributed by atoms with Gasteiger partial charge < -0.3 is 5.11 Å². The third kappa shape index (κ3) is 1.66. The minimum Gasteiger partial charge on any atom is -0.379 e. The van der Waals surface area contributed by atoms with Gasteiger partial charge in [0.2, 0.25) is 0 Å². The van der Waals surface area contributed by atoms with Crippen molar-refractivity contribution in [1.82, 2.24) is 5.32 Å². The summed E-state index contributed by atoms with van der Waals surface area (Å²) in [6.45, 7) is 4.35. The minimum absolute atomic E-state index is 0.239. The van der Waals surface area contributed by atoms with E-state index in [0.717, 1.165) is 12.8 Å². The quantitative estimate of drug-likeness (QED) is 0.546. The summed E-state index contributed by atoms with van der Waals surface area (Å²) in [5.41, 5.74) is 0. The predicted octanol–water partition coefficient (Wildman–Crippen LogP) is 0.713. The summed E-state index contributed by atoms with van der Waals surface area (Å²) in [6, 6.07) is 0.542. The summed E-state index contributed by atoms with van der Waals surface area (Å²) in [5.74, 6) is 0.655. The Hall–Kier alpha value is -0.0800. The van der Waals surface area contributed by atoms with Gasteiger partial charge in [0.1, 0.15) is 6.23 Å². The van der Waals surface area contributed by atoms with E-state index < -0.39 is 0 Å². The summed E-state index contributed by atoms with van der Waals surface area (Å²) in [5, 5.41) is 12.1. The van der Waals surface area contributed by atoms with Crippen molar-refractivity contribution in [2.24, 2.45) is 5.92 Å². The molecule has 2 heteroatoms. The molecule has 0 bridgehead atoms. The number of aliphatic hydroxyl groups excluding tert-OH is 1. The molecule has 1 aliphatic heterocycles. The van der Waals surface area contributed by atoms with Gasteiger partial charge in [0.05, 0.1) is 0 Å². The van der Waals surface area contributed by atoms with Gasteiger partial charge in [-0.15, -0.1) is 0 Å². The Morgan fingerprint density at radius 3 is 2.33 bits per heavy atom. The Labute approximate surface area is 56.3 Å². The molecular formula is C7H15NO. The zero-order valence-corrected chi connectivity index (χ0v) is 6.09. The Bertz CT molecular complexity index is 92.9. The average Bonchev–Trinajstić information content (AvgIpc) is 2.14. The van der Waals surface area contributed by atoms with Crippen LogP contribution in [0.3, 0.4) is 0 Å². The molecule has 2 nitrogen and oxygen atoms in total. The molecule has 2 atom stereocenters. The van der Waals surface area contributed by atoms with Gasteiger partial charge in [0, 0.05) is 6.04 Å². The lowest BCUT2D eigenvalue weighted by atomic mass is 10.0. The lowest BCUT2D eigenvalue weighted by Gasteiger charge is -2.14. The van der Waals surface area contributed by atoms with Gasteiger partial charge in [-0.3, -0.25) is 5.32 Å². The molecule has 0 amide bonds. The maximum Gasteiger partial charge on any atom is 0.105 e. The first-order valence-corrected chi connectivity index (χ1v) is 3.64. The van der Waals surface area contributed by atoms with Crippen molar-refractivity contribution in [2.75, 3.05) is 0 Å². The molecule has 0 aromatic carbocycles. The Kier molecular flexibility index (Phi) is 2.09. The van der Waals surface area contributed by atoms with Gasteiger partial charge in [-0.2, -0.15) is 0 Å². The highest BCUT2D eigenvalue weighted by molar-refractivity contribution is 4.79. The van der Waals surface area contributed by atoms with Crippen LogP contribution in [0.25, 0.3) is 0 Å². The smallest absolute Gasteiger partial charge is 0.105 e. The van der Waals surface area contributed by atoms with E-state index in [1.165, 1.54) is 0 Å². The fourth-order valence-corrected chi connectivity index (χ4v) is 1.28. The van der Waals surface area contributed by atoms with E-state index >= 15 is 0 Å². The zero-order valence-electron chi connectivity index (χ0n) is 6.09. The summed E-state index contributed by atoms with van der Waals surface area (Å²) < 4.78 is 0. The summed E-state index contributed by atoms with van der Waals surface area (Å²) in [6.07, 6.45) is 1.80. The SMILES string of the molecule is CC(C)C1CCC(O)N1. The summed E-state index contributed by atoms with van der Waals surface area (Å²) >= 11 is 0. The van der Waals surface area contributed by atoms with Crippen LogP contribution < -0.4 is 5.32 Å². The normalized spacial score (nSPS) is 36.0. The van der Waals surface area contributed by atoms with Crippen molar-refractivity contribution in [3.05, 3.63) is 0 Å². The molecule has 0 radical (unpaired) electrons. The van der Waals surface area contributed by atoms with Crippen molar-refractivity contribution in [1.29, 1.82) is 0 Å². The standard InChI is InChI=1S/C7H15NO/c1-5(2)6-3-4-7(9)8-6/h5-9H,3-4H2,1-2H3. The lowest BCUT2D eigenvalue weighted by Crippen LogP contribution is -2.32. The van der Waals surface area contributed by atoms with E-state index in [-0.39, 0.29) is 6.23 Å². The fraction of sp³-hybridized carbons (Fsp3) is 1.00. The number of rotatable bonds is 1. The van der Waals surface area contributed by atoms with E-state index in [0.29, 0.717) is 12.0 Å². The van der Waals surface area contributed by atoms with Crippen molar-refractivity contribution < 1.29 is 5.11 Å². The van der Waals surface area contributed by atoms with Crippen LogP contribution in [0.15, 0.2) is 0 Å². The maximum atomic E-state index is 9.04. The number of nitrogens with one attached hydrogen (secondary N) is 1. The molecule has 2 unspecified atom stereocenters. The van der Waals surface area contributed by atoms with Crippen LogP contribution in [0.2, 0.25) is 0 Å². The van der Waals surface area contributed by atoms with Crippen molar-refractivity contribution >= 4 is 0 Å². The molecule has 1 saturated heterocycles. The third-order valence-corrected chi connectivity index (χ3v) is 1.96. The zero-order chi connectivity index (χ0) is 6.85. The largest absolute Gasteiger partial charge is 0.379 e. The van der Waals surface area contributed by atoms with E-state index in [9.17, 15) is 0 Å². The van der Waals surface area contributed by atoms with Gasteiger partial charge in [-0.1, -0.05) is 13.8 Å². The molecule has 1 rings (SSSR count). The van der Waals surface area contributed by atoms with E-state index in [2.05, 4.69) is 19.2 Å². The van der Waals surface area contributed by atoms with Gasteiger partial charge in [0.25, 0.3) is 0 Å². The highest BCUT2D eigenvalue weighted by Crippen LogP contribution is 2.16. The first-order valence-electron chi connectivity index (χ1n) is 3.64. The van der Waals surface area contributed by atoms with Crippen LogP contribution in [0.4, 0.5) is 0 Å². The highest BCUT2D eigenvalue weighted by Gasteiger charge is 2.23. The van der Waals surface area contributed by atoms with Crippen LogP contribution in [0, 0.1) is 5.92 Å². The molecule has 1 fully saturated rings. The molecule has 0 aromatic rings. The number of hydrogen-bond acceptors (Lipinski definition) is 2. The van der Waals surface area contributed by atoms with Crippen molar-refractivity contribution in [2.45, 2.75) is 39.0 Å². The monoisotopic (exact) mass is 129 g/mol. The van der Waals surface area contributed by atoms with E-state index in [1.54, 1.807) is 0 Å². The topological polar surface area (TPSA) is 32.3 Å². The first kappa shape index (κ1) is 7.03. The second kappa shape index (κ2) is 2.67. The Morgan fingerprint density at radius 1 is 1.44 bits per heavy atom. The predicted molar refractivity (Wildman–Crippen MR) is 37.0 cm³/mol. The maximum absolute atomic E-state index is 9.04. The summed E-state index contributed by atoms with van der Waals surface area (Å²) in [4.78, 5) is 0. The van der Waals surface area contributed by atoms with Gasteiger partial charge in [0.15, 0.2) is 0 Å².